The predicted octanol–water partition coefficient (Wildman–Crippen LogP) is 3.46. The van der Waals surface area contributed by atoms with Gasteiger partial charge in [-0.05, 0) is 48.2 Å². The minimum atomic E-state index is -3.77. The summed E-state index contributed by atoms with van der Waals surface area (Å²) in [5, 5.41) is 2.68. The van der Waals surface area contributed by atoms with Gasteiger partial charge in [0, 0.05) is 20.0 Å². The fourth-order valence-electron chi connectivity index (χ4n) is 4.09. The van der Waals surface area contributed by atoms with Crippen molar-refractivity contribution in [2.75, 3.05) is 24.2 Å². The number of carbonyl (C=O) groups excluding carboxylic acids is 2. The molecule has 3 aromatic rings. The van der Waals surface area contributed by atoms with E-state index in [0.717, 1.165) is 32.8 Å². The van der Waals surface area contributed by atoms with Gasteiger partial charge in [-0.2, -0.15) is 0 Å². The molecule has 8 heteroatoms. The second-order valence-electron chi connectivity index (χ2n) is 8.88. The lowest BCUT2D eigenvalue weighted by Gasteiger charge is -2.33. The molecule has 190 valence electrons. The van der Waals surface area contributed by atoms with E-state index in [1.165, 1.54) is 11.9 Å². The molecule has 0 heterocycles. The quantitative estimate of drug-likeness (QED) is 0.455. The number of sulfonamides is 1. The minimum Gasteiger partial charge on any atom is -0.357 e. The second kappa shape index (κ2) is 11.9. The van der Waals surface area contributed by atoms with Gasteiger partial charge in [-0.3, -0.25) is 13.9 Å². The standard InChI is InChI=1S/C28H33N3O4S/c1-21-11-10-16-25(17-21)31(36(4,34)35)20-27(32)30(19-24-15-9-8-12-22(24)2)26(28(33)29-3)18-23-13-6-5-7-14-23/h5-17,26H,18-20H2,1-4H3,(H,29,33)/t26-/m0/s1. The van der Waals surface area contributed by atoms with Crippen molar-refractivity contribution in [1.29, 1.82) is 0 Å². The highest BCUT2D eigenvalue weighted by atomic mass is 32.2. The molecule has 0 saturated carbocycles. The molecule has 0 radical (unpaired) electrons. The first-order valence-corrected chi connectivity index (χ1v) is 13.6. The van der Waals surface area contributed by atoms with Crippen molar-refractivity contribution in [2.45, 2.75) is 32.9 Å². The zero-order valence-corrected chi connectivity index (χ0v) is 22.0. The van der Waals surface area contributed by atoms with Crippen molar-refractivity contribution in [3.05, 3.63) is 101 Å². The lowest BCUT2D eigenvalue weighted by Crippen LogP contribution is -2.53. The summed E-state index contributed by atoms with van der Waals surface area (Å²) in [7, 11) is -2.24. The van der Waals surface area contributed by atoms with E-state index in [1.54, 1.807) is 18.2 Å². The van der Waals surface area contributed by atoms with Gasteiger partial charge in [0.15, 0.2) is 0 Å². The van der Waals surface area contributed by atoms with Crippen LogP contribution in [0.25, 0.3) is 0 Å². The molecule has 0 unspecified atom stereocenters. The van der Waals surface area contributed by atoms with Gasteiger partial charge < -0.3 is 10.2 Å². The fourth-order valence-corrected chi connectivity index (χ4v) is 4.93. The van der Waals surface area contributed by atoms with Crippen LogP contribution < -0.4 is 9.62 Å². The molecule has 3 aromatic carbocycles. The molecular weight excluding hydrogens is 474 g/mol. The minimum absolute atomic E-state index is 0.168. The van der Waals surface area contributed by atoms with E-state index in [0.29, 0.717) is 12.1 Å². The molecule has 0 saturated heterocycles. The topological polar surface area (TPSA) is 86.8 Å². The third kappa shape index (κ3) is 6.95. The van der Waals surface area contributed by atoms with E-state index in [1.807, 2.05) is 74.5 Å². The highest BCUT2D eigenvalue weighted by molar-refractivity contribution is 7.92. The number of amides is 2. The molecule has 3 rings (SSSR count). The van der Waals surface area contributed by atoms with Gasteiger partial charge in [0.2, 0.25) is 21.8 Å². The third-order valence-corrected chi connectivity index (χ3v) is 7.23. The van der Waals surface area contributed by atoms with Gasteiger partial charge >= 0.3 is 0 Å². The number of hydrogen-bond donors (Lipinski definition) is 1. The summed E-state index contributed by atoms with van der Waals surface area (Å²) in [5.41, 5.74) is 4.03. The number of aryl methyl sites for hydroxylation is 2. The number of nitrogens with zero attached hydrogens (tertiary/aromatic N) is 2. The average Bonchev–Trinajstić information content (AvgIpc) is 2.85. The third-order valence-electron chi connectivity index (χ3n) is 6.09. The number of anilines is 1. The van der Waals surface area contributed by atoms with E-state index in [2.05, 4.69) is 5.32 Å². The second-order valence-corrected chi connectivity index (χ2v) is 10.8. The van der Waals surface area contributed by atoms with Crippen LogP contribution in [-0.2, 0) is 32.6 Å². The Bertz CT molecular complexity index is 1310. The maximum Gasteiger partial charge on any atom is 0.244 e. The smallest absolute Gasteiger partial charge is 0.244 e. The molecule has 0 aliphatic heterocycles. The fraction of sp³-hybridized carbons (Fsp3) is 0.286. The molecule has 0 spiro atoms. The number of likely N-dealkylation sites (N-methyl/N-ethyl adjacent to an activating group) is 1. The van der Waals surface area contributed by atoms with Crippen molar-refractivity contribution in [2.24, 2.45) is 0 Å². The zero-order valence-electron chi connectivity index (χ0n) is 21.1. The zero-order chi connectivity index (χ0) is 26.3. The molecule has 7 nitrogen and oxygen atoms in total. The Morgan fingerprint density at radius 1 is 0.917 bits per heavy atom. The first kappa shape index (κ1) is 26.9. The first-order chi connectivity index (χ1) is 17.1. The molecule has 0 bridgehead atoms. The molecule has 1 N–H and O–H groups in total. The van der Waals surface area contributed by atoms with Crippen LogP contribution in [0.4, 0.5) is 5.69 Å². The molecule has 0 aliphatic rings. The summed E-state index contributed by atoms with van der Waals surface area (Å²) in [5.74, 6) is -0.781. The maximum absolute atomic E-state index is 13.9. The Hall–Kier alpha value is -3.65. The number of nitrogens with one attached hydrogen (secondary N) is 1. The van der Waals surface area contributed by atoms with Crippen molar-refractivity contribution in [3.8, 4) is 0 Å². The summed E-state index contributed by atoms with van der Waals surface area (Å²) in [4.78, 5) is 28.5. The molecule has 2 amide bonds. The Morgan fingerprint density at radius 2 is 1.58 bits per heavy atom. The van der Waals surface area contributed by atoms with E-state index in [-0.39, 0.29) is 12.5 Å². The van der Waals surface area contributed by atoms with E-state index < -0.39 is 28.5 Å². The van der Waals surface area contributed by atoms with Gasteiger partial charge in [0.1, 0.15) is 12.6 Å². The number of hydrogen-bond acceptors (Lipinski definition) is 4. The monoisotopic (exact) mass is 507 g/mol. The lowest BCUT2D eigenvalue weighted by molar-refractivity contribution is -0.139. The first-order valence-electron chi connectivity index (χ1n) is 11.7. The average molecular weight is 508 g/mol. The number of carbonyl (C=O) groups is 2. The number of benzene rings is 3. The van der Waals surface area contributed by atoms with Gasteiger partial charge in [-0.15, -0.1) is 0 Å². The molecule has 0 aromatic heterocycles. The predicted molar refractivity (Wildman–Crippen MR) is 143 cm³/mol. The van der Waals surface area contributed by atoms with E-state index in [9.17, 15) is 18.0 Å². The van der Waals surface area contributed by atoms with Crippen LogP contribution in [0.1, 0.15) is 22.3 Å². The van der Waals surface area contributed by atoms with Crippen LogP contribution in [0.2, 0.25) is 0 Å². The van der Waals surface area contributed by atoms with Crippen LogP contribution in [0.3, 0.4) is 0 Å². The number of rotatable bonds is 10. The van der Waals surface area contributed by atoms with Crippen molar-refractivity contribution < 1.29 is 18.0 Å². The van der Waals surface area contributed by atoms with Crippen molar-refractivity contribution in [3.63, 3.8) is 0 Å². The van der Waals surface area contributed by atoms with E-state index >= 15 is 0 Å². The highest BCUT2D eigenvalue weighted by Gasteiger charge is 2.32. The Morgan fingerprint density at radius 3 is 2.19 bits per heavy atom. The van der Waals surface area contributed by atoms with Gasteiger partial charge in [-0.25, -0.2) is 8.42 Å². The van der Waals surface area contributed by atoms with Crippen LogP contribution >= 0.6 is 0 Å². The Kier molecular flexibility index (Phi) is 8.88. The summed E-state index contributed by atoms with van der Waals surface area (Å²) in [6, 6.07) is 23.3. The van der Waals surface area contributed by atoms with Crippen LogP contribution in [0.5, 0.6) is 0 Å². The normalized spacial score (nSPS) is 12.0. The van der Waals surface area contributed by atoms with Crippen molar-refractivity contribution >= 4 is 27.5 Å². The SMILES string of the molecule is CNC(=O)[C@H](Cc1ccccc1)N(Cc1ccccc1C)C(=O)CN(c1cccc(C)c1)S(C)(=O)=O. The van der Waals surface area contributed by atoms with E-state index in [4.69, 9.17) is 0 Å². The van der Waals surface area contributed by atoms with Gasteiger partial charge in [-0.1, -0.05) is 66.7 Å². The summed E-state index contributed by atoms with van der Waals surface area (Å²) in [6.45, 7) is 3.55. The molecule has 0 fully saturated rings. The lowest BCUT2D eigenvalue weighted by atomic mass is 10.0. The Balaban J connectivity index is 2.04. The van der Waals surface area contributed by atoms with Crippen LogP contribution in [-0.4, -0.2) is 51.0 Å². The van der Waals surface area contributed by atoms with Crippen molar-refractivity contribution in [1.82, 2.24) is 10.2 Å². The van der Waals surface area contributed by atoms with Crippen LogP contribution in [0, 0.1) is 13.8 Å². The maximum atomic E-state index is 13.9. The van der Waals surface area contributed by atoms with Crippen LogP contribution in [0.15, 0.2) is 78.9 Å². The largest absolute Gasteiger partial charge is 0.357 e. The molecule has 0 aliphatic carbocycles. The summed E-state index contributed by atoms with van der Waals surface area (Å²) < 4.78 is 26.6. The summed E-state index contributed by atoms with van der Waals surface area (Å²) >= 11 is 0. The highest BCUT2D eigenvalue weighted by Crippen LogP contribution is 2.22. The van der Waals surface area contributed by atoms with Gasteiger partial charge in [0.25, 0.3) is 0 Å². The Labute approximate surface area is 213 Å². The molecule has 36 heavy (non-hydrogen) atoms. The molecule has 1 atom stereocenters. The molecular formula is C28H33N3O4S. The summed E-state index contributed by atoms with van der Waals surface area (Å²) in [6.07, 6.45) is 1.37. The van der Waals surface area contributed by atoms with Gasteiger partial charge in [0.05, 0.1) is 11.9 Å².